The Bertz CT molecular complexity index is 451. The number of nitrogens with zero attached hydrogens (tertiary/aromatic N) is 1. The van der Waals surface area contributed by atoms with Crippen LogP contribution in [-0.4, -0.2) is 42.2 Å². The molecule has 22 heavy (non-hydrogen) atoms. The van der Waals surface area contributed by atoms with Gasteiger partial charge in [-0.25, -0.2) is 0 Å². The molecule has 0 aliphatic carbocycles. The molecule has 1 aromatic rings. The molecule has 2 rings (SSSR count). The van der Waals surface area contributed by atoms with Crippen LogP contribution < -0.4 is 5.32 Å². The Hall–Kier alpha value is -1.39. The first kappa shape index (κ1) is 17.0. The van der Waals surface area contributed by atoms with Gasteiger partial charge in [-0.15, -0.1) is 0 Å². The van der Waals surface area contributed by atoms with Gasteiger partial charge in [0, 0.05) is 25.3 Å². The molecule has 1 aromatic carbocycles. The molecule has 0 spiro atoms. The summed E-state index contributed by atoms with van der Waals surface area (Å²) < 4.78 is 0. The van der Waals surface area contributed by atoms with Gasteiger partial charge >= 0.3 is 0 Å². The number of aliphatic hydroxyl groups excluding tert-OH is 1. The fraction of sp³-hybridized carbons (Fsp3) is 0.611. The van der Waals surface area contributed by atoms with Crippen LogP contribution in [0, 0.1) is 5.92 Å². The third kappa shape index (κ3) is 5.11. The van der Waals surface area contributed by atoms with Crippen LogP contribution in [0.3, 0.4) is 0 Å². The third-order valence-electron chi connectivity index (χ3n) is 4.40. The van der Waals surface area contributed by atoms with Gasteiger partial charge in [-0.3, -0.25) is 9.69 Å². The summed E-state index contributed by atoms with van der Waals surface area (Å²) in [5.41, 5.74) is 1.98. The van der Waals surface area contributed by atoms with E-state index in [9.17, 15) is 9.90 Å². The lowest BCUT2D eigenvalue weighted by Gasteiger charge is -2.31. The number of benzene rings is 1. The van der Waals surface area contributed by atoms with Crippen molar-refractivity contribution < 1.29 is 9.90 Å². The van der Waals surface area contributed by atoms with Crippen LogP contribution in [-0.2, 0) is 6.54 Å². The van der Waals surface area contributed by atoms with Crippen molar-refractivity contribution in [2.24, 2.45) is 5.92 Å². The number of aliphatic hydroxyl groups is 1. The Labute approximate surface area is 133 Å². The lowest BCUT2D eigenvalue weighted by Crippen LogP contribution is -2.34. The molecule has 1 aliphatic rings. The monoisotopic (exact) mass is 304 g/mol. The molecule has 1 fully saturated rings. The molecular weight excluding hydrogens is 276 g/mol. The SMILES string of the molecule is CCCCNC(=O)c1ccc(CN2CCC(CO)CC2)cc1. The number of rotatable bonds is 7. The molecule has 0 bridgehead atoms. The Morgan fingerprint density at radius 2 is 1.95 bits per heavy atom. The number of hydrogen-bond donors (Lipinski definition) is 2. The molecule has 0 radical (unpaired) electrons. The highest BCUT2D eigenvalue weighted by Crippen LogP contribution is 2.18. The second kappa shape index (κ2) is 8.91. The van der Waals surface area contributed by atoms with E-state index in [1.165, 1.54) is 5.56 Å². The maximum Gasteiger partial charge on any atom is 0.251 e. The van der Waals surface area contributed by atoms with Crippen LogP contribution in [0.2, 0.25) is 0 Å². The van der Waals surface area contributed by atoms with Crippen LogP contribution in [0.5, 0.6) is 0 Å². The smallest absolute Gasteiger partial charge is 0.251 e. The molecule has 4 heteroatoms. The first-order chi connectivity index (χ1) is 10.7. The topological polar surface area (TPSA) is 52.6 Å². The lowest BCUT2D eigenvalue weighted by atomic mass is 9.97. The molecule has 1 saturated heterocycles. The average Bonchev–Trinajstić information content (AvgIpc) is 2.56. The number of hydrogen-bond acceptors (Lipinski definition) is 3. The van der Waals surface area contributed by atoms with Crippen molar-refractivity contribution in [3.63, 3.8) is 0 Å². The van der Waals surface area contributed by atoms with Gasteiger partial charge in [0.25, 0.3) is 5.91 Å². The van der Waals surface area contributed by atoms with E-state index in [-0.39, 0.29) is 5.91 Å². The molecule has 0 saturated carbocycles. The molecule has 0 unspecified atom stereocenters. The third-order valence-corrected chi connectivity index (χ3v) is 4.40. The van der Waals surface area contributed by atoms with Crippen molar-refractivity contribution >= 4 is 5.91 Å². The van der Waals surface area contributed by atoms with Crippen LogP contribution >= 0.6 is 0 Å². The summed E-state index contributed by atoms with van der Waals surface area (Å²) in [6.45, 7) is 6.20. The number of amides is 1. The largest absolute Gasteiger partial charge is 0.396 e. The quantitative estimate of drug-likeness (QED) is 0.761. The second-order valence-corrected chi connectivity index (χ2v) is 6.21. The number of likely N-dealkylation sites (tertiary alicyclic amines) is 1. The minimum absolute atomic E-state index is 0.0174. The fourth-order valence-electron chi connectivity index (χ4n) is 2.83. The second-order valence-electron chi connectivity index (χ2n) is 6.21. The summed E-state index contributed by atoms with van der Waals surface area (Å²) in [7, 11) is 0. The van der Waals surface area contributed by atoms with Crippen molar-refractivity contribution in [1.29, 1.82) is 0 Å². The number of carbonyl (C=O) groups excluding carboxylic acids is 1. The molecule has 1 aliphatic heterocycles. The zero-order chi connectivity index (χ0) is 15.8. The maximum absolute atomic E-state index is 11.9. The molecule has 2 N–H and O–H groups in total. The van der Waals surface area contributed by atoms with Crippen LogP contribution in [0.15, 0.2) is 24.3 Å². The molecular formula is C18H28N2O2. The zero-order valence-corrected chi connectivity index (χ0v) is 13.6. The fourth-order valence-corrected chi connectivity index (χ4v) is 2.83. The van der Waals surface area contributed by atoms with E-state index in [0.29, 0.717) is 12.5 Å². The van der Waals surface area contributed by atoms with E-state index >= 15 is 0 Å². The van der Waals surface area contributed by atoms with E-state index < -0.39 is 0 Å². The molecule has 1 heterocycles. The lowest BCUT2D eigenvalue weighted by molar-refractivity contribution is 0.0953. The Kier molecular flexibility index (Phi) is 6.87. The van der Waals surface area contributed by atoms with E-state index in [2.05, 4.69) is 17.1 Å². The molecule has 1 amide bonds. The Balaban J connectivity index is 1.80. The van der Waals surface area contributed by atoms with Crippen molar-refractivity contribution in [2.75, 3.05) is 26.2 Å². The van der Waals surface area contributed by atoms with Gasteiger partial charge in [-0.2, -0.15) is 0 Å². The molecule has 0 aromatic heterocycles. The number of carbonyl (C=O) groups is 1. The number of unbranched alkanes of at least 4 members (excludes halogenated alkanes) is 1. The minimum atomic E-state index is 0.0174. The summed E-state index contributed by atoms with van der Waals surface area (Å²) in [6, 6.07) is 7.92. The molecule has 122 valence electrons. The normalized spacial score (nSPS) is 16.6. The predicted molar refractivity (Wildman–Crippen MR) is 88.8 cm³/mol. The number of piperidine rings is 1. The summed E-state index contributed by atoms with van der Waals surface area (Å²) in [4.78, 5) is 14.4. The first-order valence-corrected chi connectivity index (χ1v) is 8.43. The van der Waals surface area contributed by atoms with Gasteiger partial charge in [0.15, 0.2) is 0 Å². The molecule has 0 atom stereocenters. The first-order valence-electron chi connectivity index (χ1n) is 8.43. The molecule has 4 nitrogen and oxygen atoms in total. The summed E-state index contributed by atoms with van der Waals surface area (Å²) in [5.74, 6) is 0.495. The van der Waals surface area contributed by atoms with E-state index in [1.54, 1.807) is 0 Å². The van der Waals surface area contributed by atoms with Gasteiger partial charge in [-0.1, -0.05) is 25.5 Å². The highest BCUT2D eigenvalue weighted by Gasteiger charge is 2.18. The predicted octanol–water partition coefficient (Wildman–Crippen LogP) is 2.42. The van der Waals surface area contributed by atoms with Crippen molar-refractivity contribution in [3.8, 4) is 0 Å². The van der Waals surface area contributed by atoms with Crippen molar-refractivity contribution in [2.45, 2.75) is 39.2 Å². The van der Waals surface area contributed by atoms with Crippen molar-refractivity contribution in [3.05, 3.63) is 35.4 Å². The number of nitrogens with one attached hydrogen (secondary N) is 1. The van der Waals surface area contributed by atoms with Gasteiger partial charge < -0.3 is 10.4 Å². The van der Waals surface area contributed by atoms with E-state index in [0.717, 1.165) is 57.4 Å². The Morgan fingerprint density at radius 1 is 1.27 bits per heavy atom. The Morgan fingerprint density at radius 3 is 2.55 bits per heavy atom. The zero-order valence-electron chi connectivity index (χ0n) is 13.6. The summed E-state index contributed by atoms with van der Waals surface area (Å²) in [5, 5.41) is 12.1. The van der Waals surface area contributed by atoms with Gasteiger partial charge in [0.1, 0.15) is 0 Å². The minimum Gasteiger partial charge on any atom is -0.396 e. The van der Waals surface area contributed by atoms with Crippen LogP contribution in [0.1, 0.15) is 48.5 Å². The van der Waals surface area contributed by atoms with Gasteiger partial charge in [0.05, 0.1) is 0 Å². The standard InChI is InChI=1S/C18H28N2O2/c1-2-3-10-19-18(22)17-6-4-15(5-7-17)13-20-11-8-16(14-21)9-12-20/h4-7,16,21H,2-3,8-14H2,1H3,(H,19,22). The van der Waals surface area contributed by atoms with Crippen LogP contribution in [0.25, 0.3) is 0 Å². The van der Waals surface area contributed by atoms with Crippen molar-refractivity contribution in [1.82, 2.24) is 10.2 Å². The highest BCUT2D eigenvalue weighted by atomic mass is 16.3. The van der Waals surface area contributed by atoms with Gasteiger partial charge in [-0.05, 0) is 56.0 Å². The van der Waals surface area contributed by atoms with E-state index in [1.807, 2.05) is 24.3 Å². The maximum atomic E-state index is 11.9. The van der Waals surface area contributed by atoms with E-state index in [4.69, 9.17) is 0 Å². The van der Waals surface area contributed by atoms with Gasteiger partial charge in [0.2, 0.25) is 0 Å². The summed E-state index contributed by atoms with van der Waals surface area (Å²) in [6.07, 6.45) is 4.27. The highest BCUT2D eigenvalue weighted by molar-refractivity contribution is 5.94. The average molecular weight is 304 g/mol. The summed E-state index contributed by atoms with van der Waals surface area (Å²) >= 11 is 0. The van der Waals surface area contributed by atoms with Crippen LogP contribution in [0.4, 0.5) is 0 Å².